The summed E-state index contributed by atoms with van der Waals surface area (Å²) in [5.74, 6) is 0.0313. The molecule has 1 atom stereocenters. The van der Waals surface area contributed by atoms with Crippen LogP contribution in [0.1, 0.15) is 33.1 Å². The molecule has 1 aliphatic heterocycles. The predicted octanol–water partition coefficient (Wildman–Crippen LogP) is 2.14. The second-order valence-corrected chi connectivity index (χ2v) is 5.40. The third-order valence-electron chi connectivity index (χ3n) is 3.77. The van der Waals surface area contributed by atoms with E-state index < -0.39 is 0 Å². The minimum Gasteiger partial charge on any atom is -0.323 e. The van der Waals surface area contributed by atoms with E-state index in [1.807, 2.05) is 31.2 Å². The van der Waals surface area contributed by atoms with E-state index >= 15 is 0 Å². The van der Waals surface area contributed by atoms with Gasteiger partial charge in [0, 0.05) is 19.0 Å². The first-order valence-corrected chi connectivity index (χ1v) is 7.54. The molecule has 0 aromatic heterocycles. The number of hydrogen-bond acceptors (Lipinski definition) is 3. The molecule has 1 heterocycles. The maximum absolute atomic E-state index is 12.0. The fraction of sp³-hybridized carbons (Fsp3) is 0.500. The van der Waals surface area contributed by atoms with Crippen molar-refractivity contribution in [3.05, 3.63) is 24.3 Å². The second-order valence-electron chi connectivity index (χ2n) is 5.40. The highest BCUT2D eigenvalue weighted by Gasteiger charge is 2.24. The Morgan fingerprint density at radius 1 is 1.38 bits per heavy atom. The molecule has 1 fully saturated rings. The van der Waals surface area contributed by atoms with E-state index in [1.165, 1.54) is 0 Å². The molecule has 5 heteroatoms. The number of para-hydroxylation sites is 2. The van der Waals surface area contributed by atoms with E-state index in [0.717, 1.165) is 25.1 Å². The van der Waals surface area contributed by atoms with Crippen LogP contribution in [-0.2, 0) is 9.59 Å². The maximum atomic E-state index is 12.0. The molecule has 2 N–H and O–H groups in total. The molecule has 0 saturated carbocycles. The molecule has 0 radical (unpaired) electrons. The fourth-order valence-corrected chi connectivity index (χ4v) is 2.32. The number of rotatable bonds is 6. The predicted molar refractivity (Wildman–Crippen MR) is 84.4 cm³/mol. The molecule has 2 amide bonds. The van der Waals surface area contributed by atoms with Crippen LogP contribution < -0.4 is 15.5 Å². The average Bonchev–Trinajstić information content (AvgIpc) is 2.91. The van der Waals surface area contributed by atoms with Crippen LogP contribution in [-0.4, -0.2) is 30.9 Å². The minimum atomic E-state index is -0.0885. The van der Waals surface area contributed by atoms with E-state index in [0.29, 0.717) is 18.2 Å². The van der Waals surface area contributed by atoms with Crippen molar-refractivity contribution in [2.75, 3.05) is 23.3 Å². The lowest BCUT2D eigenvalue weighted by Crippen LogP contribution is -2.34. The van der Waals surface area contributed by atoms with Crippen molar-refractivity contribution in [3.63, 3.8) is 0 Å². The summed E-state index contributed by atoms with van der Waals surface area (Å²) < 4.78 is 0. The summed E-state index contributed by atoms with van der Waals surface area (Å²) in [4.78, 5) is 25.6. The topological polar surface area (TPSA) is 61.4 Å². The van der Waals surface area contributed by atoms with Gasteiger partial charge in [-0.15, -0.1) is 0 Å². The third kappa shape index (κ3) is 4.04. The van der Waals surface area contributed by atoms with Crippen LogP contribution in [0.5, 0.6) is 0 Å². The van der Waals surface area contributed by atoms with Crippen LogP contribution in [0, 0.1) is 0 Å². The maximum Gasteiger partial charge on any atom is 0.238 e. The van der Waals surface area contributed by atoms with Gasteiger partial charge in [0.05, 0.1) is 17.9 Å². The standard InChI is InChI=1S/C16H23N3O2/c1-3-12(2)17-11-15(20)18-13-7-4-5-8-14(13)19-10-6-9-16(19)21/h4-5,7-8,12,17H,3,6,9-11H2,1-2H3,(H,18,20). The summed E-state index contributed by atoms with van der Waals surface area (Å²) in [6.45, 7) is 5.11. The molecule has 1 unspecified atom stereocenters. The van der Waals surface area contributed by atoms with Gasteiger partial charge in [-0.2, -0.15) is 0 Å². The van der Waals surface area contributed by atoms with Crippen molar-refractivity contribution in [3.8, 4) is 0 Å². The van der Waals surface area contributed by atoms with E-state index in [4.69, 9.17) is 0 Å². The van der Waals surface area contributed by atoms with Gasteiger partial charge in [-0.1, -0.05) is 19.1 Å². The van der Waals surface area contributed by atoms with Crippen LogP contribution in [0.25, 0.3) is 0 Å². The SMILES string of the molecule is CCC(C)NCC(=O)Nc1ccccc1N1CCCC1=O. The largest absolute Gasteiger partial charge is 0.323 e. The first kappa shape index (κ1) is 15.5. The Labute approximate surface area is 125 Å². The highest BCUT2D eigenvalue weighted by Crippen LogP contribution is 2.29. The van der Waals surface area contributed by atoms with Crippen molar-refractivity contribution < 1.29 is 9.59 Å². The van der Waals surface area contributed by atoms with Crippen molar-refractivity contribution in [2.45, 2.75) is 39.2 Å². The highest BCUT2D eigenvalue weighted by molar-refractivity contribution is 6.02. The number of benzene rings is 1. The Balaban J connectivity index is 2.03. The molecular weight excluding hydrogens is 266 g/mol. The second kappa shape index (κ2) is 7.22. The molecule has 2 rings (SSSR count). The van der Waals surface area contributed by atoms with Crippen molar-refractivity contribution >= 4 is 23.2 Å². The summed E-state index contributed by atoms with van der Waals surface area (Å²) in [5.41, 5.74) is 1.49. The Hall–Kier alpha value is -1.88. The zero-order chi connectivity index (χ0) is 15.2. The van der Waals surface area contributed by atoms with Crippen LogP contribution in [0.15, 0.2) is 24.3 Å². The number of carbonyl (C=O) groups excluding carboxylic acids is 2. The molecule has 21 heavy (non-hydrogen) atoms. The molecule has 0 aliphatic carbocycles. The zero-order valence-electron chi connectivity index (χ0n) is 12.7. The van der Waals surface area contributed by atoms with E-state index in [2.05, 4.69) is 17.6 Å². The lowest BCUT2D eigenvalue weighted by atomic mass is 10.2. The monoisotopic (exact) mass is 289 g/mol. The Bertz CT molecular complexity index is 516. The Morgan fingerprint density at radius 2 is 2.14 bits per heavy atom. The summed E-state index contributed by atoms with van der Waals surface area (Å²) in [7, 11) is 0. The molecule has 1 aliphatic rings. The van der Waals surface area contributed by atoms with Gasteiger partial charge in [0.1, 0.15) is 0 Å². The lowest BCUT2D eigenvalue weighted by molar-refractivity contribution is -0.117. The van der Waals surface area contributed by atoms with Gasteiger partial charge < -0.3 is 15.5 Å². The summed E-state index contributed by atoms with van der Waals surface area (Å²) >= 11 is 0. The number of hydrogen-bond donors (Lipinski definition) is 2. The number of amides is 2. The smallest absolute Gasteiger partial charge is 0.238 e. The molecule has 0 spiro atoms. The zero-order valence-corrected chi connectivity index (χ0v) is 12.7. The first-order chi connectivity index (χ1) is 10.1. The lowest BCUT2D eigenvalue weighted by Gasteiger charge is -2.20. The number of nitrogens with one attached hydrogen (secondary N) is 2. The first-order valence-electron chi connectivity index (χ1n) is 7.54. The quantitative estimate of drug-likeness (QED) is 0.843. The van der Waals surface area contributed by atoms with Crippen LogP contribution in [0.4, 0.5) is 11.4 Å². The van der Waals surface area contributed by atoms with Gasteiger partial charge in [0.2, 0.25) is 11.8 Å². The van der Waals surface area contributed by atoms with Gasteiger partial charge in [-0.05, 0) is 31.9 Å². The van der Waals surface area contributed by atoms with E-state index in [1.54, 1.807) is 4.90 Å². The van der Waals surface area contributed by atoms with E-state index in [9.17, 15) is 9.59 Å². The van der Waals surface area contributed by atoms with Crippen molar-refractivity contribution in [1.29, 1.82) is 0 Å². The van der Waals surface area contributed by atoms with Gasteiger partial charge in [0.25, 0.3) is 0 Å². The molecule has 1 saturated heterocycles. The van der Waals surface area contributed by atoms with E-state index in [-0.39, 0.29) is 18.4 Å². The summed E-state index contributed by atoms with van der Waals surface area (Å²) in [6, 6.07) is 7.77. The number of anilines is 2. The molecule has 1 aromatic carbocycles. The van der Waals surface area contributed by atoms with Crippen LogP contribution in [0.2, 0.25) is 0 Å². The number of nitrogens with zero attached hydrogens (tertiary/aromatic N) is 1. The third-order valence-corrected chi connectivity index (χ3v) is 3.77. The number of carbonyl (C=O) groups is 2. The molecule has 5 nitrogen and oxygen atoms in total. The Kier molecular flexibility index (Phi) is 5.33. The van der Waals surface area contributed by atoms with Gasteiger partial charge in [-0.25, -0.2) is 0 Å². The Morgan fingerprint density at radius 3 is 2.81 bits per heavy atom. The van der Waals surface area contributed by atoms with Crippen molar-refractivity contribution in [1.82, 2.24) is 5.32 Å². The molecule has 1 aromatic rings. The van der Waals surface area contributed by atoms with Crippen molar-refractivity contribution in [2.24, 2.45) is 0 Å². The van der Waals surface area contributed by atoms with Gasteiger partial charge in [-0.3, -0.25) is 9.59 Å². The highest BCUT2D eigenvalue weighted by atomic mass is 16.2. The normalized spacial score (nSPS) is 16.1. The minimum absolute atomic E-state index is 0.0885. The molecule has 114 valence electrons. The molecule has 0 bridgehead atoms. The summed E-state index contributed by atoms with van der Waals surface area (Å²) in [5, 5.41) is 6.05. The average molecular weight is 289 g/mol. The van der Waals surface area contributed by atoms with Gasteiger partial charge in [0.15, 0.2) is 0 Å². The fourth-order valence-electron chi connectivity index (χ4n) is 2.32. The molecular formula is C16H23N3O2. The van der Waals surface area contributed by atoms with Gasteiger partial charge >= 0.3 is 0 Å². The van der Waals surface area contributed by atoms with Crippen LogP contribution >= 0.6 is 0 Å². The summed E-state index contributed by atoms with van der Waals surface area (Å²) in [6.07, 6.45) is 2.43. The van der Waals surface area contributed by atoms with Crippen LogP contribution in [0.3, 0.4) is 0 Å².